The van der Waals surface area contributed by atoms with E-state index in [9.17, 15) is 4.79 Å². The molecule has 2 aromatic carbocycles. The summed E-state index contributed by atoms with van der Waals surface area (Å²) in [5.74, 6) is 0.681. The van der Waals surface area contributed by atoms with Crippen LogP contribution in [0.1, 0.15) is 5.56 Å². The Morgan fingerprint density at radius 2 is 2.04 bits per heavy atom. The number of rotatable bonds is 4. The van der Waals surface area contributed by atoms with Gasteiger partial charge in [0.1, 0.15) is 16.8 Å². The van der Waals surface area contributed by atoms with E-state index < -0.39 is 6.03 Å². The lowest BCUT2D eigenvalue weighted by Crippen LogP contribution is -2.24. The SMILES string of the molecule is COc1ccccc1/C=N/NC(=O)Nc1ccc2nsnc2c1. The van der Waals surface area contributed by atoms with E-state index in [1.54, 1.807) is 25.3 Å². The standard InChI is InChI=1S/C15H13N5O2S/c1-22-14-5-3-2-4-10(14)9-16-18-15(21)17-11-6-7-12-13(8-11)20-23-19-12/h2-9H,1H3,(H2,17,18,21)/b16-9+. The van der Waals surface area contributed by atoms with Crippen molar-refractivity contribution < 1.29 is 9.53 Å². The first kappa shape index (κ1) is 14.9. The van der Waals surface area contributed by atoms with Crippen LogP contribution in [0.4, 0.5) is 10.5 Å². The number of aromatic nitrogens is 2. The van der Waals surface area contributed by atoms with Gasteiger partial charge in [-0.3, -0.25) is 0 Å². The molecule has 116 valence electrons. The Bertz CT molecular complexity index is 862. The van der Waals surface area contributed by atoms with E-state index >= 15 is 0 Å². The number of hydrogen-bond acceptors (Lipinski definition) is 6. The molecule has 0 radical (unpaired) electrons. The summed E-state index contributed by atoms with van der Waals surface area (Å²) in [6, 6.07) is 12.2. The second kappa shape index (κ2) is 6.84. The van der Waals surface area contributed by atoms with Crippen LogP contribution in [-0.2, 0) is 0 Å². The highest BCUT2D eigenvalue weighted by Crippen LogP contribution is 2.17. The molecule has 0 aliphatic carbocycles. The lowest BCUT2D eigenvalue weighted by Gasteiger charge is -2.05. The average molecular weight is 327 g/mol. The van der Waals surface area contributed by atoms with Gasteiger partial charge in [-0.15, -0.1) is 0 Å². The monoisotopic (exact) mass is 327 g/mol. The number of methoxy groups -OCH3 is 1. The van der Waals surface area contributed by atoms with Crippen molar-refractivity contribution in [2.45, 2.75) is 0 Å². The zero-order chi connectivity index (χ0) is 16.1. The zero-order valence-corrected chi connectivity index (χ0v) is 13.0. The number of amides is 2. The summed E-state index contributed by atoms with van der Waals surface area (Å²) in [6.07, 6.45) is 1.52. The van der Waals surface area contributed by atoms with Crippen molar-refractivity contribution >= 4 is 40.7 Å². The number of fused-ring (bicyclic) bond motifs is 1. The second-order valence-corrected chi connectivity index (χ2v) is 5.06. The van der Waals surface area contributed by atoms with E-state index in [2.05, 4.69) is 24.6 Å². The minimum absolute atomic E-state index is 0.446. The largest absolute Gasteiger partial charge is 0.496 e. The van der Waals surface area contributed by atoms with Gasteiger partial charge in [0.15, 0.2) is 0 Å². The van der Waals surface area contributed by atoms with Gasteiger partial charge in [0.05, 0.1) is 25.1 Å². The Kier molecular flexibility index (Phi) is 4.44. The smallest absolute Gasteiger partial charge is 0.339 e. The summed E-state index contributed by atoms with van der Waals surface area (Å²) < 4.78 is 13.4. The highest BCUT2D eigenvalue weighted by atomic mass is 32.1. The Morgan fingerprint density at radius 1 is 1.22 bits per heavy atom. The molecular formula is C15H13N5O2S. The highest BCUT2D eigenvalue weighted by molar-refractivity contribution is 7.00. The number of carbonyl (C=O) groups excluding carboxylic acids is 1. The molecular weight excluding hydrogens is 314 g/mol. The Hall–Kier alpha value is -3.00. The number of hydrazone groups is 1. The Labute approximate surface area is 136 Å². The first-order valence-electron chi connectivity index (χ1n) is 6.71. The maximum atomic E-state index is 11.8. The molecule has 0 atom stereocenters. The topological polar surface area (TPSA) is 88.5 Å². The fraction of sp³-hybridized carbons (Fsp3) is 0.0667. The van der Waals surface area contributed by atoms with Crippen molar-refractivity contribution in [1.29, 1.82) is 0 Å². The van der Waals surface area contributed by atoms with Crippen LogP contribution >= 0.6 is 11.7 Å². The van der Waals surface area contributed by atoms with Crippen LogP contribution in [0.5, 0.6) is 5.75 Å². The van der Waals surface area contributed by atoms with E-state index in [0.29, 0.717) is 11.4 Å². The number of para-hydroxylation sites is 1. The van der Waals surface area contributed by atoms with Gasteiger partial charge in [0.2, 0.25) is 0 Å². The third-order valence-electron chi connectivity index (χ3n) is 3.02. The summed E-state index contributed by atoms with van der Waals surface area (Å²) in [4.78, 5) is 11.8. The normalized spacial score (nSPS) is 10.8. The van der Waals surface area contributed by atoms with E-state index in [1.807, 2.05) is 24.3 Å². The molecule has 23 heavy (non-hydrogen) atoms. The van der Waals surface area contributed by atoms with Gasteiger partial charge in [-0.05, 0) is 30.3 Å². The van der Waals surface area contributed by atoms with Crippen LogP contribution in [0.2, 0.25) is 0 Å². The first-order chi connectivity index (χ1) is 11.3. The third kappa shape index (κ3) is 3.61. The minimum Gasteiger partial charge on any atom is -0.496 e. The fourth-order valence-electron chi connectivity index (χ4n) is 1.95. The number of carbonyl (C=O) groups is 1. The molecule has 2 N–H and O–H groups in total. The fourth-order valence-corrected chi connectivity index (χ4v) is 2.47. The number of urea groups is 1. The van der Waals surface area contributed by atoms with Crippen LogP contribution in [0.3, 0.4) is 0 Å². The van der Waals surface area contributed by atoms with Gasteiger partial charge in [-0.25, -0.2) is 10.2 Å². The molecule has 1 aromatic heterocycles. The molecule has 0 fully saturated rings. The van der Waals surface area contributed by atoms with Crippen molar-refractivity contribution in [1.82, 2.24) is 14.2 Å². The molecule has 1 heterocycles. The molecule has 0 aliphatic rings. The summed E-state index contributed by atoms with van der Waals surface area (Å²) in [7, 11) is 1.58. The molecule has 2 amide bonds. The average Bonchev–Trinajstić information content (AvgIpc) is 3.03. The van der Waals surface area contributed by atoms with E-state index in [-0.39, 0.29) is 0 Å². The van der Waals surface area contributed by atoms with Gasteiger partial charge in [-0.1, -0.05) is 12.1 Å². The summed E-state index contributed by atoms with van der Waals surface area (Å²) in [5.41, 5.74) is 5.33. The molecule has 0 aliphatic heterocycles. The lowest BCUT2D eigenvalue weighted by atomic mass is 10.2. The van der Waals surface area contributed by atoms with Gasteiger partial charge in [0.25, 0.3) is 0 Å². The van der Waals surface area contributed by atoms with Crippen LogP contribution in [-0.4, -0.2) is 28.1 Å². The Morgan fingerprint density at radius 3 is 2.91 bits per heavy atom. The highest BCUT2D eigenvalue weighted by Gasteiger charge is 2.04. The maximum Gasteiger partial charge on any atom is 0.339 e. The van der Waals surface area contributed by atoms with Gasteiger partial charge in [-0.2, -0.15) is 13.8 Å². The number of anilines is 1. The van der Waals surface area contributed by atoms with Crippen molar-refractivity contribution in [3.8, 4) is 5.75 Å². The predicted molar refractivity (Wildman–Crippen MR) is 90.2 cm³/mol. The molecule has 0 unspecified atom stereocenters. The molecule has 3 rings (SSSR count). The number of nitrogens with one attached hydrogen (secondary N) is 2. The predicted octanol–water partition coefficient (Wildman–Crippen LogP) is 2.86. The van der Waals surface area contributed by atoms with Crippen molar-refractivity contribution in [2.75, 3.05) is 12.4 Å². The van der Waals surface area contributed by atoms with Crippen LogP contribution in [0, 0.1) is 0 Å². The quantitative estimate of drug-likeness (QED) is 0.569. The summed E-state index contributed by atoms with van der Waals surface area (Å²) >= 11 is 1.13. The number of ether oxygens (including phenoxy) is 1. The molecule has 3 aromatic rings. The molecule has 0 saturated heterocycles. The zero-order valence-electron chi connectivity index (χ0n) is 12.2. The molecule has 7 nitrogen and oxygen atoms in total. The van der Waals surface area contributed by atoms with Crippen LogP contribution in [0.15, 0.2) is 47.6 Å². The Balaban J connectivity index is 1.61. The lowest BCUT2D eigenvalue weighted by molar-refractivity contribution is 0.252. The van der Waals surface area contributed by atoms with Gasteiger partial charge >= 0.3 is 6.03 Å². The van der Waals surface area contributed by atoms with E-state index in [0.717, 1.165) is 28.3 Å². The second-order valence-electron chi connectivity index (χ2n) is 4.53. The van der Waals surface area contributed by atoms with Crippen LogP contribution in [0.25, 0.3) is 11.0 Å². The van der Waals surface area contributed by atoms with Gasteiger partial charge < -0.3 is 10.1 Å². The number of hydrogen-bond donors (Lipinski definition) is 2. The molecule has 0 saturated carbocycles. The van der Waals surface area contributed by atoms with Crippen molar-refractivity contribution in [3.05, 3.63) is 48.0 Å². The van der Waals surface area contributed by atoms with E-state index in [1.165, 1.54) is 6.21 Å². The van der Waals surface area contributed by atoms with Crippen molar-refractivity contribution in [2.24, 2.45) is 5.10 Å². The third-order valence-corrected chi connectivity index (χ3v) is 3.58. The number of benzene rings is 2. The molecule has 8 heteroatoms. The maximum absolute atomic E-state index is 11.8. The minimum atomic E-state index is -0.446. The number of nitrogens with zero attached hydrogens (tertiary/aromatic N) is 3. The van der Waals surface area contributed by atoms with Gasteiger partial charge in [0, 0.05) is 11.3 Å². The van der Waals surface area contributed by atoms with Crippen LogP contribution < -0.4 is 15.5 Å². The van der Waals surface area contributed by atoms with E-state index in [4.69, 9.17) is 4.74 Å². The first-order valence-corrected chi connectivity index (χ1v) is 7.45. The summed E-state index contributed by atoms with van der Waals surface area (Å²) in [5, 5.41) is 6.59. The summed E-state index contributed by atoms with van der Waals surface area (Å²) in [6.45, 7) is 0. The molecule has 0 spiro atoms. The van der Waals surface area contributed by atoms with Crippen molar-refractivity contribution in [3.63, 3.8) is 0 Å². The molecule has 0 bridgehead atoms.